The number of phenolic OH excluding ortho intramolecular Hbond substituents is 1. The molecule has 2 rings (SSSR count). The summed E-state index contributed by atoms with van der Waals surface area (Å²) in [6.07, 6.45) is 1.69. The second-order valence-electron chi connectivity index (χ2n) is 5.85. The topological polar surface area (TPSA) is 109 Å². The van der Waals surface area contributed by atoms with Crippen molar-refractivity contribution in [3.63, 3.8) is 0 Å². The van der Waals surface area contributed by atoms with Crippen molar-refractivity contribution in [3.05, 3.63) is 53.6 Å². The van der Waals surface area contributed by atoms with E-state index in [2.05, 4.69) is 15.8 Å². The Balaban J connectivity index is 1.71. The van der Waals surface area contributed by atoms with Crippen LogP contribution in [-0.4, -0.2) is 43.9 Å². The molecule has 0 radical (unpaired) electrons. The van der Waals surface area contributed by atoms with E-state index in [1.54, 1.807) is 32.4 Å². The number of rotatable bonds is 9. The summed E-state index contributed by atoms with van der Waals surface area (Å²) in [6.45, 7) is 0.387. The first-order valence-corrected chi connectivity index (χ1v) is 8.60. The molecule has 0 unspecified atom stereocenters. The molecule has 8 heteroatoms. The molecule has 2 aromatic rings. The number of methoxy groups -OCH3 is 2. The molecule has 148 valence electrons. The highest BCUT2D eigenvalue weighted by Crippen LogP contribution is 2.27. The Hall–Kier alpha value is -3.55. The van der Waals surface area contributed by atoms with Crippen LogP contribution in [0, 0.1) is 0 Å². The molecule has 2 amide bonds. The standard InChI is InChI=1S/C20H23N3O5/c1-27-17-8-5-14(11-18(17)28-2)9-10-21-19(25)12-20(26)23-22-13-15-3-6-16(24)7-4-15/h3-8,11,13,24H,9-10,12H2,1-2H3,(H,21,25)(H,23,26)/b22-13+. The Morgan fingerprint density at radius 2 is 1.75 bits per heavy atom. The van der Waals surface area contributed by atoms with Gasteiger partial charge >= 0.3 is 0 Å². The van der Waals surface area contributed by atoms with Crippen LogP contribution in [0.4, 0.5) is 0 Å². The molecule has 0 saturated carbocycles. The van der Waals surface area contributed by atoms with Crippen LogP contribution in [0.2, 0.25) is 0 Å². The van der Waals surface area contributed by atoms with Gasteiger partial charge in [0.2, 0.25) is 11.8 Å². The third-order valence-electron chi connectivity index (χ3n) is 3.80. The molecule has 0 aliphatic heterocycles. The number of carbonyl (C=O) groups excluding carboxylic acids is 2. The minimum atomic E-state index is -0.515. The van der Waals surface area contributed by atoms with Crippen LogP contribution < -0.4 is 20.2 Å². The molecule has 0 heterocycles. The van der Waals surface area contributed by atoms with Crippen molar-refractivity contribution in [1.29, 1.82) is 0 Å². The number of nitrogens with one attached hydrogen (secondary N) is 2. The first-order chi connectivity index (χ1) is 13.5. The molecule has 0 aliphatic rings. The van der Waals surface area contributed by atoms with Gasteiger partial charge in [0, 0.05) is 6.54 Å². The van der Waals surface area contributed by atoms with Crippen LogP contribution in [-0.2, 0) is 16.0 Å². The van der Waals surface area contributed by atoms with Gasteiger partial charge in [0.25, 0.3) is 0 Å². The number of phenols is 1. The predicted octanol–water partition coefficient (Wildman–Crippen LogP) is 1.61. The number of amides is 2. The van der Waals surface area contributed by atoms with E-state index in [4.69, 9.17) is 9.47 Å². The van der Waals surface area contributed by atoms with Gasteiger partial charge in [0.15, 0.2) is 11.5 Å². The summed E-state index contributed by atoms with van der Waals surface area (Å²) in [5, 5.41) is 15.7. The number of hydrogen-bond donors (Lipinski definition) is 3. The fourth-order valence-corrected chi connectivity index (χ4v) is 2.37. The van der Waals surface area contributed by atoms with Gasteiger partial charge in [-0.1, -0.05) is 6.07 Å². The smallest absolute Gasteiger partial charge is 0.249 e. The SMILES string of the molecule is COc1ccc(CCNC(=O)CC(=O)N/N=C/c2ccc(O)cc2)cc1OC. The Bertz CT molecular complexity index is 834. The van der Waals surface area contributed by atoms with Crippen molar-refractivity contribution in [2.45, 2.75) is 12.8 Å². The molecule has 2 aromatic carbocycles. The fourth-order valence-electron chi connectivity index (χ4n) is 2.37. The van der Waals surface area contributed by atoms with Crippen LogP contribution in [0.25, 0.3) is 0 Å². The molecule has 3 N–H and O–H groups in total. The summed E-state index contributed by atoms with van der Waals surface area (Å²) < 4.78 is 10.4. The molecule has 0 bridgehead atoms. The van der Waals surface area contributed by atoms with Gasteiger partial charge in [-0.05, 0) is 53.9 Å². The molecule has 0 fully saturated rings. The molecule has 0 spiro atoms. The van der Waals surface area contributed by atoms with E-state index < -0.39 is 11.8 Å². The highest BCUT2D eigenvalue weighted by Gasteiger charge is 2.09. The maximum atomic E-state index is 11.8. The van der Waals surface area contributed by atoms with E-state index in [9.17, 15) is 14.7 Å². The lowest BCUT2D eigenvalue weighted by atomic mass is 10.1. The lowest BCUT2D eigenvalue weighted by Crippen LogP contribution is -2.31. The Labute approximate surface area is 163 Å². The van der Waals surface area contributed by atoms with Gasteiger partial charge in [-0.3, -0.25) is 9.59 Å². The van der Waals surface area contributed by atoms with Crippen molar-refractivity contribution in [2.75, 3.05) is 20.8 Å². The van der Waals surface area contributed by atoms with E-state index in [0.717, 1.165) is 5.56 Å². The summed E-state index contributed by atoms with van der Waals surface area (Å²) >= 11 is 0. The third-order valence-corrected chi connectivity index (χ3v) is 3.80. The quantitative estimate of drug-likeness (QED) is 0.345. The first kappa shape index (κ1) is 20.8. The largest absolute Gasteiger partial charge is 0.508 e. The summed E-state index contributed by atoms with van der Waals surface area (Å²) in [5.74, 6) is 0.499. The van der Waals surface area contributed by atoms with Crippen molar-refractivity contribution < 1.29 is 24.2 Å². The molecule has 0 aromatic heterocycles. The normalized spacial score (nSPS) is 10.5. The monoisotopic (exact) mass is 385 g/mol. The van der Waals surface area contributed by atoms with Gasteiger partial charge in [-0.25, -0.2) is 5.43 Å². The lowest BCUT2D eigenvalue weighted by molar-refractivity contribution is -0.129. The van der Waals surface area contributed by atoms with E-state index >= 15 is 0 Å². The first-order valence-electron chi connectivity index (χ1n) is 8.60. The molecule has 28 heavy (non-hydrogen) atoms. The van der Waals surface area contributed by atoms with Crippen LogP contribution >= 0.6 is 0 Å². The minimum absolute atomic E-state index is 0.144. The highest BCUT2D eigenvalue weighted by molar-refractivity contribution is 5.97. The van der Waals surface area contributed by atoms with Crippen LogP contribution in [0.5, 0.6) is 17.2 Å². The van der Waals surface area contributed by atoms with Crippen molar-refractivity contribution in [2.24, 2.45) is 5.10 Å². The zero-order valence-electron chi connectivity index (χ0n) is 15.8. The summed E-state index contributed by atoms with van der Waals surface area (Å²) in [7, 11) is 3.13. The Kier molecular flexibility index (Phi) is 7.83. The van der Waals surface area contributed by atoms with Gasteiger partial charge in [-0.2, -0.15) is 5.10 Å². The van der Waals surface area contributed by atoms with Gasteiger partial charge in [0.05, 0.1) is 20.4 Å². The van der Waals surface area contributed by atoms with Crippen molar-refractivity contribution in [3.8, 4) is 17.2 Å². The van der Waals surface area contributed by atoms with E-state index in [-0.39, 0.29) is 12.2 Å². The van der Waals surface area contributed by atoms with Crippen molar-refractivity contribution in [1.82, 2.24) is 10.7 Å². The number of aromatic hydroxyl groups is 1. The maximum Gasteiger partial charge on any atom is 0.249 e. The average molecular weight is 385 g/mol. The Morgan fingerprint density at radius 3 is 2.43 bits per heavy atom. The molecule has 8 nitrogen and oxygen atoms in total. The number of benzene rings is 2. The van der Waals surface area contributed by atoms with Gasteiger partial charge < -0.3 is 19.9 Å². The number of nitrogens with zero attached hydrogens (tertiary/aromatic N) is 1. The maximum absolute atomic E-state index is 11.8. The molecule has 0 saturated heterocycles. The van der Waals surface area contributed by atoms with Crippen LogP contribution in [0.3, 0.4) is 0 Å². The number of carbonyl (C=O) groups is 2. The molecule has 0 aliphatic carbocycles. The molecule has 0 atom stereocenters. The summed E-state index contributed by atoms with van der Waals surface area (Å²) in [6, 6.07) is 11.8. The minimum Gasteiger partial charge on any atom is -0.508 e. The predicted molar refractivity (Wildman–Crippen MR) is 105 cm³/mol. The van der Waals surface area contributed by atoms with E-state index in [1.165, 1.54) is 18.3 Å². The van der Waals surface area contributed by atoms with E-state index in [0.29, 0.717) is 30.0 Å². The second kappa shape index (κ2) is 10.6. The number of ether oxygens (including phenoxy) is 2. The van der Waals surface area contributed by atoms with E-state index in [1.807, 2.05) is 12.1 Å². The molecular weight excluding hydrogens is 362 g/mol. The number of hydrazone groups is 1. The summed E-state index contributed by atoms with van der Waals surface area (Å²) in [4.78, 5) is 23.6. The second-order valence-corrected chi connectivity index (χ2v) is 5.85. The summed E-state index contributed by atoms with van der Waals surface area (Å²) in [5.41, 5.74) is 3.97. The Morgan fingerprint density at radius 1 is 1.04 bits per heavy atom. The van der Waals surface area contributed by atoms with Crippen molar-refractivity contribution >= 4 is 18.0 Å². The average Bonchev–Trinajstić information content (AvgIpc) is 2.69. The van der Waals surface area contributed by atoms with Gasteiger partial charge in [0.1, 0.15) is 12.2 Å². The zero-order chi connectivity index (χ0) is 20.4. The highest BCUT2D eigenvalue weighted by atomic mass is 16.5. The lowest BCUT2D eigenvalue weighted by Gasteiger charge is -2.10. The molecular formula is C20H23N3O5. The number of hydrogen-bond acceptors (Lipinski definition) is 6. The van der Waals surface area contributed by atoms with Crippen LogP contribution in [0.1, 0.15) is 17.5 Å². The van der Waals surface area contributed by atoms with Gasteiger partial charge in [-0.15, -0.1) is 0 Å². The van der Waals surface area contributed by atoms with Crippen LogP contribution in [0.15, 0.2) is 47.6 Å². The third kappa shape index (κ3) is 6.64. The zero-order valence-corrected chi connectivity index (χ0v) is 15.8. The fraction of sp³-hybridized carbons (Fsp3) is 0.250.